The Hall–Kier alpha value is -2.29. The van der Waals surface area contributed by atoms with Crippen molar-refractivity contribution in [3.8, 4) is 0 Å². The van der Waals surface area contributed by atoms with Gasteiger partial charge in [0.15, 0.2) is 5.78 Å². The van der Waals surface area contributed by atoms with Crippen molar-refractivity contribution in [3.05, 3.63) is 65.8 Å². The van der Waals surface area contributed by atoms with Crippen molar-refractivity contribution >= 4 is 11.9 Å². The Labute approximate surface area is 99.9 Å². The highest BCUT2D eigenvalue weighted by atomic mass is 16.1. The minimum absolute atomic E-state index is 0.0261. The molecule has 17 heavy (non-hydrogen) atoms. The molecule has 0 saturated heterocycles. The van der Waals surface area contributed by atoms with Crippen molar-refractivity contribution in [2.45, 2.75) is 6.92 Å². The molecule has 0 unspecified atom stereocenters. The van der Waals surface area contributed by atoms with Crippen LogP contribution in [0.15, 0.2) is 48.9 Å². The normalized spacial score (nSPS) is 10.6. The lowest BCUT2D eigenvalue weighted by atomic mass is 10.1. The summed E-state index contributed by atoms with van der Waals surface area (Å²) < 4.78 is 0. The molecule has 3 nitrogen and oxygen atoms in total. The highest BCUT2D eigenvalue weighted by Gasteiger charge is 1.99. The van der Waals surface area contributed by atoms with Crippen molar-refractivity contribution in [2.75, 3.05) is 0 Å². The van der Waals surface area contributed by atoms with Gasteiger partial charge in [-0.1, -0.05) is 6.08 Å². The van der Waals surface area contributed by atoms with E-state index in [-0.39, 0.29) is 5.78 Å². The van der Waals surface area contributed by atoms with Gasteiger partial charge in [-0.25, -0.2) is 0 Å². The van der Waals surface area contributed by atoms with Crippen LogP contribution in [0.25, 0.3) is 6.08 Å². The quantitative estimate of drug-likeness (QED) is 0.594. The first-order valence-electron chi connectivity index (χ1n) is 5.31. The van der Waals surface area contributed by atoms with E-state index in [0.717, 1.165) is 11.3 Å². The van der Waals surface area contributed by atoms with Gasteiger partial charge in [-0.2, -0.15) is 0 Å². The lowest BCUT2D eigenvalue weighted by Gasteiger charge is -1.95. The third-order valence-corrected chi connectivity index (χ3v) is 2.31. The lowest BCUT2D eigenvalue weighted by molar-refractivity contribution is 0.104. The Morgan fingerprint density at radius 2 is 1.94 bits per heavy atom. The third kappa shape index (κ3) is 3.08. The van der Waals surface area contributed by atoms with Crippen LogP contribution in [0.2, 0.25) is 0 Å². The third-order valence-electron chi connectivity index (χ3n) is 2.31. The minimum Gasteiger partial charge on any atom is -0.289 e. The second-order valence-corrected chi connectivity index (χ2v) is 3.66. The maximum atomic E-state index is 11.8. The van der Waals surface area contributed by atoms with Gasteiger partial charge in [0.2, 0.25) is 0 Å². The van der Waals surface area contributed by atoms with E-state index >= 15 is 0 Å². The number of allylic oxidation sites excluding steroid dienone is 1. The second-order valence-electron chi connectivity index (χ2n) is 3.66. The summed E-state index contributed by atoms with van der Waals surface area (Å²) >= 11 is 0. The molecule has 0 aliphatic carbocycles. The van der Waals surface area contributed by atoms with Crippen molar-refractivity contribution in [3.63, 3.8) is 0 Å². The predicted molar refractivity (Wildman–Crippen MR) is 66.6 cm³/mol. The molecule has 0 radical (unpaired) electrons. The van der Waals surface area contributed by atoms with Crippen molar-refractivity contribution < 1.29 is 4.79 Å². The average Bonchev–Trinajstić information content (AvgIpc) is 2.37. The highest BCUT2D eigenvalue weighted by molar-refractivity contribution is 6.06. The summed E-state index contributed by atoms with van der Waals surface area (Å²) in [4.78, 5) is 19.7. The molecule has 0 bridgehead atoms. The Morgan fingerprint density at radius 3 is 2.65 bits per heavy atom. The molecule has 0 aromatic carbocycles. The lowest BCUT2D eigenvalue weighted by Crippen LogP contribution is -1.93. The minimum atomic E-state index is -0.0261. The molecule has 0 fully saturated rings. The van der Waals surface area contributed by atoms with Crippen molar-refractivity contribution in [2.24, 2.45) is 0 Å². The summed E-state index contributed by atoms with van der Waals surface area (Å²) in [6, 6.07) is 7.19. The number of carbonyl (C=O) groups excluding carboxylic acids is 1. The topological polar surface area (TPSA) is 42.9 Å². The Balaban J connectivity index is 2.14. The van der Waals surface area contributed by atoms with Gasteiger partial charge in [0.25, 0.3) is 0 Å². The molecule has 2 heterocycles. The standard InChI is InChI=1S/C14H12N2O/c1-11-10-12(4-9-16-11)2-3-14(17)13-5-7-15-8-6-13/h2-10H,1H3/b3-2-. The van der Waals surface area contributed by atoms with E-state index in [1.807, 2.05) is 19.1 Å². The van der Waals surface area contributed by atoms with Crippen LogP contribution >= 0.6 is 0 Å². The Kier molecular flexibility index (Phi) is 3.40. The van der Waals surface area contributed by atoms with Crippen LogP contribution in [0.3, 0.4) is 0 Å². The average molecular weight is 224 g/mol. The van der Waals surface area contributed by atoms with Gasteiger partial charge in [0.05, 0.1) is 0 Å². The first-order valence-corrected chi connectivity index (χ1v) is 5.31. The molecule has 2 rings (SSSR count). The first-order chi connectivity index (χ1) is 8.25. The summed E-state index contributed by atoms with van der Waals surface area (Å²) in [5.41, 5.74) is 2.55. The maximum absolute atomic E-state index is 11.8. The number of pyridine rings is 2. The fourth-order valence-corrected chi connectivity index (χ4v) is 1.46. The number of hydrogen-bond acceptors (Lipinski definition) is 3. The van der Waals surface area contributed by atoms with Gasteiger partial charge in [0.1, 0.15) is 0 Å². The van der Waals surface area contributed by atoms with E-state index in [0.29, 0.717) is 5.56 Å². The molecule has 0 aliphatic heterocycles. The van der Waals surface area contributed by atoms with E-state index < -0.39 is 0 Å². The molecule has 0 amide bonds. The fraction of sp³-hybridized carbons (Fsp3) is 0.0714. The van der Waals surface area contributed by atoms with Gasteiger partial charge in [-0.3, -0.25) is 14.8 Å². The van der Waals surface area contributed by atoms with Crippen LogP contribution in [0.4, 0.5) is 0 Å². The number of nitrogens with zero attached hydrogens (tertiary/aromatic N) is 2. The molecule has 2 aromatic heterocycles. The second kappa shape index (κ2) is 5.16. The van der Waals surface area contributed by atoms with E-state index in [2.05, 4.69) is 9.97 Å². The summed E-state index contributed by atoms with van der Waals surface area (Å²) in [6.45, 7) is 1.92. The monoisotopic (exact) mass is 224 g/mol. The van der Waals surface area contributed by atoms with Crippen molar-refractivity contribution in [1.82, 2.24) is 9.97 Å². The molecular formula is C14H12N2O. The van der Waals surface area contributed by atoms with Crippen LogP contribution in [0.5, 0.6) is 0 Å². The highest BCUT2D eigenvalue weighted by Crippen LogP contribution is 2.05. The molecule has 2 aromatic rings. The number of rotatable bonds is 3. The van der Waals surface area contributed by atoms with E-state index in [4.69, 9.17) is 0 Å². The van der Waals surface area contributed by atoms with Crippen LogP contribution in [0, 0.1) is 6.92 Å². The Bertz CT molecular complexity index is 547. The zero-order valence-corrected chi connectivity index (χ0v) is 9.50. The molecule has 0 spiro atoms. The van der Waals surface area contributed by atoms with E-state index in [9.17, 15) is 4.79 Å². The molecule has 3 heteroatoms. The van der Waals surface area contributed by atoms with Crippen LogP contribution in [0.1, 0.15) is 21.6 Å². The number of aromatic nitrogens is 2. The number of carbonyl (C=O) groups is 1. The van der Waals surface area contributed by atoms with E-state index in [1.54, 1.807) is 42.9 Å². The Morgan fingerprint density at radius 1 is 1.18 bits per heavy atom. The van der Waals surface area contributed by atoms with Crippen LogP contribution < -0.4 is 0 Å². The molecule has 0 N–H and O–H groups in total. The van der Waals surface area contributed by atoms with E-state index in [1.165, 1.54) is 0 Å². The van der Waals surface area contributed by atoms with Gasteiger partial charge in [-0.15, -0.1) is 0 Å². The zero-order chi connectivity index (χ0) is 12.1. The predicted octanol–water partition coefficient (Wildman–Crippen LogP) is 2.68. The zero-order valence-electron chi connectivity index (χ0n) is 9.50. The first kappa shape index (κ1) is 11.2. The molecular weight excluding hydrogens is 212 g/mol. The number of hydrogen-bond donors (Lipinski definition) is 0. The summed E-state index contributed by atoms with van der Waals surface area (Å²) in [5.74, 6) is -0.0261. The summed E-state index contributed by atoms with van der Waals surface area (Å²) in [7, 11) is 0. The van der Waals surface area contributed by atoms with Gasteiger partial charge >= 0.3 is 0 Å². The molecule has 84 valence electrons. The van der Waals surface area contributed by atoms with Gasteiger partial charge < -0.3 is 0 Å². The smallest absolute Gasteiger partial charge is 0.185 e. The summed E-state index contributed by atoms with van der Waals surface area (Å²) in [6.07, 6.45) is 8.29. The maximum Gasteiger partial charge on any atom is 0.185 e. The molecule has 0 saturated carbocycles. The fourth-order valence-electron chi connectivity index (χ4n) is 1.46. The largest absolute Gasteiger partial charge is 0.289 e. The number of aryl methyl sites for hydroxylation is 1. The van der Waals surface area contributed by atoms with Crippen LogP contribution in [-0.4, -0.2) is 15.8 Å². The van der Waals surface area contributed by atoms with Gasteiger partial charge in [0, 0.05) is 29.8 Å². The SMILES string of the molecule is Cc1cc(/C=C\C(=O)c2ccncc2)ccn1. The van der Waals surface area contributed by atoms with Crippen LogP contribution in [-0.2, 0) is 0 Å². The summed E-state index contributed by atoms with van der Waals surface area (Å²) in [5, 5.41) is 0. The number of ketones is 1. The van der Waals surface area contributed by atoms with Crippen molar-refractivity contribution in [1.29, 1.82) is 0 Å². The molecule has 0 aliphatic rings. The van der Waals surface area contributed by atoms with Gasteiger partial charge in [-0.05, 0) is 42.8 Å². The molecule has 0 atom stereocenters.